The number of nitrogens with zero attached hydrogens (tertiary/aromatic N) is 2. The van der Waals surface area contributed by atoms with Gasteiger partial charge in [0, 0.05) is 17.4 Å². The van der Waals surface area contributed by atoms with E-state index in [1.165, 1.54) is 6.20 Å². The Labute approximate surface area is 150 Å². The number of halogens is 3. The molecule has 1 heterocycles. The molecular formula is C18H21F3N4O. The highest BCUT2D eigenvalue weighted by Gasteiger charge is 2.29. The predicted octanol–water partition coefficient (Wildman–Crippen LogP) is 4.07. The van der Waals surface area contributed by atoms with E-state index in [2.05, 4.69) is 29.1 Å². The lowest BCUT2D eigenvalue weighted by Gasteiger charge is -2.12. The first-order valence-electron chi connectivity index (χ1n) is 8.05. The molecule has 2 rings (SSSR count). The molecule has 1 aromatic carbocycles. The number of alkyl halides is 3. The van der Waals surface area contributed by atoms with Gasteiger partial charge >= 0.3 is 6.18 Å². The van der Waals surface area contributed by atoms with Gasteiger partial charge in [-0.1, -0.05) is 32.0 Å². The molecule has 0 aliphatic heterocycles. The van der Waals surface area contributed by atoms with Crippen LogP contribution in [0.1, 0.15) is 30.9 Å². The maximum Gasteiger partial charge on any atom is 0.422 e. The van der Waals surface area contributed by atoms with Gasteiger partial charge in [0.15, 0.2) is 12.6 Å². The van der Waals surface area contributed by atoms with Crippen molar-refractivity contribution in [1.82, 2.24) is 4.98 Å². The monoisotopic (exact) mass is 366 g/mol. The highest BCUT2D eigenvalue weighted by atomic mass is 19.4. The number of pyridine rings is 1. The highest BCUT2D eigenvalue weighted by molar-refractivity contribution is 5.92. The van der Waals surface area contributed by atoms with E-state index in [-0.39, 0.29) is 18.4 Å². The Kier molecular flexibility index (Phi) is 6.43. The van der Waals surface area contributed by atoms with Crippen LogP contribution in [0.2, 0.25) is 0 Å². The first kappa shape index (κ1) is 19.6. The number of ether oxygens (including phenoxy) is 1. The molecule has 5 nitrogen and oxygen atoms in total. The summed E-state index contributed by atoms with van der Waals surface area (Å²) in [7, 11) is 0. The van der Waals surface area contributed by atoms with E-state index < -0.39 is 12.8 Å². The van der Waals surface area contributed by atoms with E-state index in [1.54, 1.807) is 12.1 Å². The lowest BCUT2D eigenvalue weighted by Crippen LogP contribution is -2.23. The van der Waals surface area contributed by atoms with E-state index in [0.717, 1.165) is 11.3 Å². The van der Waals surface area contributed by atoms with Crippen LogP contribution in [-0.4, -0.2) is 23.7 Å². The molecule has 1 aromatic heterocycles. The van der Waals surface area contributed by atoms with Gasteiger partial charge in [-0.05, 0) is 29.7 Å². The summed E-state index contributed by atoms with van der Waals surface area (Å²) in [6.45, 7) is 2.81. The predicted molar refractivity (Wildman–Crippen MR) is 95.3 cm³/mol. The Morgan fingerprint density at radius 3 is 2.73 bits per heavy atom. The van der Waals surface area contributed by atoms with Gasteiger partial charge in [0.1, 0.15) is 0 Å². The molecule has 0 spiro atoms. The van der Waals surface area contributed by atoms with Gasteiger partial charge in [-0.2, -0.15) is 13.2 Å². The number of nitrogens with two attached hydrogens (primary N) is 1. The number of hydrogen-bond donors (Lipinski definition) is 2. The average molecular weight is 366 g/mol. The second kappa shape index (κ2) is 8.55. The summed E-state index contributed by atoms with van der Waals surface area (Å²) in [5.41, 5.74) is 8.22. The van der Waals surface area contributed by atoms with Crippen molar-refractivity contribution in [2.75, 3.05) is 11.9 Å². The third kappa shape index (κ3) is 6.27. The molecular weight excluding hydrogens is 345 g/mol. The number of hydrogen-bond acceptors (Lipinski definition) is 3. The standard InChI is InChI=1S/C18H21F3N4O/c1-12(2)13-5-3-7-15(9-13)25-17(22)24-10-14-6-4-8-23-16(14)26-11-18(19,20)21/h3-9,12H,10-11H2,1-2H3,(H3,22,24,25). The maximum absolute atomic E-state index is 12.3. The first-order chi connectivity index (χ1) is 12.2. The summed E-state index contributed by atoms with van der Waals surface area (Å²) in [6, 6.07) is 10.9. The van der Waals surface area contributed by atoms with E-state index in [4.69, 9.17) is 10.5 Å². The molecule has 0 bridgehead atoms. The van der Waals surface area contributed by atoms with Gasteiger partial charge in [0.2, 0.25) is 5.88 Å². The molecule has 26 heavy (non-hydrogen) atoms. The first-order valence-corrected chi connectivity index (χ1v) is 8.05. The Morgan fingerprint density at radius 2 is 2.04 bits per heavy atom. The van der Waals surface area contributed by atoms with Crippen molar-refractivity contribution in [2.24, 2.45) is 10.7 Å². The summed E-state index contributed by atoms with van der Waals surface area (Å²) >= 11 is 0. The van der Waals surface area contributed by atoms with Crippen LogP contribution >= 0.6 is 0 Å². The van der Waals surface area contributed by atoms with Crippen molar-refractivity contribution in [3.63, 3.8) is 0 Å². The van der Waals surface area contributed by atoms with Crippen LogP contribution in [-0.2, 0) is 6.54 Å². The summed E-state index contributed by atoms with van der Waals surface area (Å²) in [5, 5.41) is 2.97. The molecule has 3 N–H and O–H groups in total. The fourth-order valence-corrected chi connectivity index (χ4v) is 2.16. The third-order valence-corrected chi connectivity index (χ3v) is 3.47. The van der Waals surface area contributed by atoms with Gasteiger partial charge in [-0.15, -0.1) is 0 Å². The molecule has 0 aliphatic carbocycles. The van der Waals surface area contributed by atoms with Crippen molar-refractivity contribution in [1.29, 1.82) is 0 Å². The minimum Gasteiger partial charge on any atom is -0.468 e. The summed E-state index contributed by atoms with van der Waals surface area (Å²) in [6.07, 6.45) is -3.07. The van der Waals surface area contributed by atoms with Crippen LogP contribution in [0.25, 0.3) is 0 Å². The second-order valence-corrected chi connectivity index (χ2v) is 5.98. The van der Waals surface area contributed by atoms with Crippen molar-refractivity contribution in [3.05, 3.63) is 53.7 Å². The quantitative estimate of drug-likeness (QED) is 0.597. The van der Waals surface area contributed by atoms with Crippen molar-refractivity contribution in [3.8, 4) is 5.88 Å². The normalized spacial score (nSPS) is 12.3. The van der Waals surface area contributed by atoms with E-state index >= 15 is 0 Å². The molecule has 0 atom stereocenters. The van der Waals surface area contributed by atoms with Gasteiger partial charge in [-0.25, -0.2) is 9.98 Å². The topological polar surface area (TPSA) is 72.5 Å². The lowest BCUT2D eigenvalue weighted by molar-refractivity contribution is -0.154. The number of aliphatic imine (C=N–C) groups is 1. The van der Waals surface area contributed by atoms with Crippen molar-refractivity contribution in [2.45, 2.75) is 32.5 Å². The number of benzene rings is 1. The SMILES string of the molecule is CC(C)c1cccc(NC(N)=NCc2cccnc2OCC(F)(F)F)c1. The zero-order chi connectivity index (χ0) is 19.2. The minimum absolute atomic E-state index is 0.0454. The zero-order valence-electron chi connectivity index (χ0n) is 14.5. The smallest absolute Gasteiger partial charge is 0.422 e. The number of rotatable bonds is 6. The molecule has 0 fully saturated rings. The highest BCUT2D eigenvalue weighted by Crippen LogP contribution is 2.21. The number of guanidine groups is 1. The largest absolute Gasteiger partial charge is 0.468 e. The lowest BCUT2D eigenvalue weighted by atomic mass is 10.0. The van der Waals surface area contributed by atoms with Crippen LogP contribution in [0.5, 0.6) is 5.88 Å². The van der Waals surface area contributed by atoms with Gasteiger partial charge in [0.05, 0.1) is 6.54 Å². The minimum atomic E-state index is -4.43. The molecule has 0 amide bonds. The van der Waals surface area contributed by atoms with Crippen LogP contribution in [0.3, 0.4) is 0 Å². The van der Waals surface area contributed by atoms with Crippen LogP contribution in [0.15, 0.2) is 47.6 Å². The average Bonchev–Trinajstić information content (AvgIpc) is 2.58. The molecule has 0 aliphatic rings. The summed E-state index contributed by atoms with van der Waals surface area (Å²) in [4.78, 5) is 7.97. The molecule has 8 heteroatoms. The van der Waals surface area contributed by atoms with Gasteiger partial charge < -0.3 is 15.8 Å². The van der Waals surface area contributed by atoms with Crippen molar-refractivity contribution >= 4 is 11.6 Å². The van der Waals surface area contributed by atoms with E-state index in [9.17, 15) is 13.2 Å². The van der Waals surface area contributed by atoms with Crippen LogP contribution in [0, 0.1) is 0 Å². The molecule has 0 saturated heterocycles. The van der Waals surface area contributed by atoms with Crippen molar-refractivity contribution < 1.29 is 17.9 Å². The number of aromatic nitrogens is 1. The summed E-state index contributed by atoms with van der Waals surface area (Å²) < 4.78 is 41.7. The van der Waals surface area contributed by atoms with Gasteiger partial charge in [0.25, 0.3) is 0 Å². The Balaban J connectivity index is 2.04. The van der Waals surface area contributed by atoms with E-state index in [0.29, 0.717) is 11.5 Å². The molecule has 140 valence electrons. The number of anilines is 1. The molecule has 0 saturated carbocycles. The van der Waals surface area contributed by atoms with Crippen LogP contribution in [0.4, 0.5) is 18.9 Å². The number of nitrogens with one attached hydrogen (secondary N) is 1. The zero-order valence-corrected chi connectivity index (χ0v) is 14.5. The Bertz CT molecular complexity index is 760. The molecule has 0 radical (unpaired) electrons. The Hall–Kier alpha value is -2.77. The fourth-order valence-electron chi connectivity index (χ4n) is 2.16. The van der Waals surface area contributed by atoms with Gasteiger partial charge in [-0.3, -0.25) is 0 Å². The second-order valence-electron chi connectivity index (χ2n) is 5.98. The molecule has 0 unspecified atom stereocenters. The maximum atomic E-state index is 12.3. The Morgan fingerprint density at radius 1 is 1.27 bits per heavy atom. The molecule has 2 aromatic rings. The summed E-state index contributed by atoms with van der Waals surface area (Å²) in [5.74, 6) is 0.415. The van der Waals surface area contributed by atoms with Crippen LogP contribution < -0.4 is 15.8 Å². The van der Waals surface area contributed by atoms with E-state index in [1.807, 2.05) is 24.3 Å². The fraction of sp³-hybridized carbons (Fsp3) is 0.333. The third-order valence-electron chi connectivity index (χ3n) is 3.47.